The van der Waals surface area contributed by atoms with E-state index < -0.39 is 53.7 Å². The Morgan fingerprint density at radius 3 is 1.19 bits per heavy atom. The maximum absolute atomic E-state index is 14.6. The van der Waals surface area contributed by atoms with Gasteiger partial charge in [0.15, 0.2) is 0 Å². The molecule has 10 rings (SSSR count). The van der Waals surface area contributed by atoms with E-state index in [1.807, 2.05) is 62.6 Å². The summed E-state index contributed by atoms with van der Waals surface area (Å²) in [6, 6.07) is 31.7. The Morgan fingerprint density at radius 2 is 0.849 bits per heavy atom. The van der Waals surface area contributed by atoms with Crippen LogP contribution in [0.2, 0.25) is 20.1 Å². The molecule has 5 amide bonds. The third-order valence-electron chi connectivity index (χ3n) is 14.8. The summed E-state index contributed by atoms with van der Waals surface area (Å²) in [6.45, 7) is 7.29. The highest BCUT2D eigenvalue weighted by Crippen LogP contribution is 2.48. The van der Waals surface area contributed by atoms with E-state index >= 15 is 0 Å². The van der Waals surface area contributed by atoms with E-state index in [1.165, 1.54) is 17.0 Å². The molecule has 0 radical (unpaired) electrons. The average molecular weight is 1270 g/mol. The Kier molecular flexibility index (Phi) is 20.2. The molecule has 4 heterocycles. The van der Waals surface area contributed by atoms with Gasteiger partial charge in [0.1, 0.15) is 35.3 Å². The zero-order valence-electron chi connectivity index (χ0n) is 47.2. The summed E-state index contributed by atoms with van der Waals surface area (Å²) in [5.74, 6) is 0.336. The molecule has 1 N–H and O–H groups in total. The molecule has 2 fully saturated rings. The molecule has 4 atom stereocenters. The zero-order valence-corrected chi connectivity index (χ0v) is 50.2. The van der Waals surface area contributed by atoms with Crippen LogP contribution in [0.5, 0.6) is 11.5 Å². The molecule has 0 aromatic heterocycles. The highest BCUT2D eigenvalue weighted by atomic mass is 35.5. The molecule has 14 nitrogen and oxygen atoms in total. The summed E-state index contributed by atoms with van der Waals surface area (Å²) in [5, 5.41) is 5.34. The van der Waals surface area contributed by atoms with Crippen LogP contribution < -0.4 is 14.8 Å². The van der Waals surface area contributed by atoms with Crippen LogP contribution in [0, 0.1) is 0 Å². The lowest BCUT2D eigenvalue weighted by Crippen LogP contribution is -2.56. The number of alkyl halides is 6. The summed E-state index contributed by atoms with van der Waals surface area (Å²) >= 11 is 24.8. The number of hydrogen-bond acceptors (Lipinski definition) is 9. The fraction of sp³-hybridized carbons (Fsp3) is 0.339. The van der Waals surface area contributed by atoms with Crippen molar-refractivity contribution in [1.29, 1.82) is 0 Å². The SMILES string of the molecule is CCOc1cc(C(F)(F)F)ccc1C1=NC(c2ccc(Cl)cc2)C(c2ccc(Cl)cc2)N1C(=O)N1CCN(C(=O)CN(C)C)CC1.CCOc1cc(C(F)(F)F)ccc1C1=NC(c2ccc(Cl)cc2)C(c2ccc(Cl)cc2)N1C(=O)N1CCNCC1. The first kappa shape index (κ1) is 63.4. The number of amidine groups is 2. The second-order valence-corrected chi connectivity index (χ2v) is 22.6. The van der Waals surface area contributed by atoms with Crippen LogP contribution in [0.15, 0.2) is 143 Å². The van der Waals surface area contributed by atoms with Crippen molar-refractivity contribution in [2.45, 2.75) is 50.4 Å². The molecule has 86 heavy (non-hydrogen) atoms. The molecule has 2 saturated heterocycles. The monoisotopic (exact) mass is 1270 g/mol. The van der Waals surface area contributed by atoms with Gasteiger partial charge < -0.3 is 34.4 Å². The predicted molar refractivity (Wildman–Crippen MR) is 321 cm³/mol. The minimum Gasteiger partial charge on any atom is -0.493 e. The van der Waals surface area contributed by atoms with Gasteiger partial charge in [0, 0.05) is 72.4 Å². The number of carbonyl (C=O) groups is 3. The van der Waals surface area contributed by atoms with Gasteiger partial charge in [-0.3, -0.25) is 24.6 Å². The van der Waals surface area contributed by atoms with Gasteiger partial charge in [-0.15, -0.1) is 0 Å². The standard InChI is InChI=1S/C33H34Cl2F3N5O3.C29H27Cl2F3N4O2/c1-4-46-27-19-23(33(36,37)38)9-14-26(27)31-39-29(21-5-10-24(34)11-6-21)30(22-7-12-25(35)13-8-22)43(31)32(45)42-17-15-41(16-18-42)28(44)20-40(2)3;1-2-40-24-17-20(29(32,33)34)7-12-23(24)27-36-25(18-3-8-21(30)9-4-18)26(19-5-10-22(31)11-6-19)38(27)28(39)37-15-13-35-14-16-37/h5-14,19,29-30H,4,15-18,20H2,1-3H3;3-12,17,25-26,35H,2,13-16H2,1H3. The molecule has 0 bridgehead atoms. The maximum atomic E-state index is 14.6. The van der Waals surface area contributed by atoms with Crippen molar-refractivity contribution in [2.75, 3.05) is 86.2 Å². The number of halogens is 10. The minimum atomic E-state index is -4.60. The minimum absolute atomic E-state index is 0.000739. The van der Waals surface area contributed by atoms with Crippen LogP contribution >= 0.6 is 46.4 Å². The molecule has 4 aliphatic heterocycles. The first-order valence-electron chi connectivity index (χ1n) is 27.7. The van der Waals surface area contributed by atoms with Crippen molar-refractivity contribution in [2.24, 2.45) is 9.98 Å². The van der Waals surface area contributed by atoms with Gasteiger partial charge in [-0.2, -0.15) is 26.3 Å². The summed E-state index contributed by atoms with van der Waals surface area (Å²) < 4.78 is 93.5. The fourth-order valence-electron chi connectivity index (χ4n) is 10.7. The molecular weight excluding hydrogens is 1210 g/mol. The van der Waals surface area contributed by atoms with Crippen molar-refractivity contribution in [3.8, 4) is 11.5 Å². The third-order valence-corrected chi connectivity index (χ3v) is 15.8. The molecule has 6 aromatic carbocycles. The second kappa shape index (κ2) is 27.3. The summed E-state index contributed by atoms with van der Waals surface area (Å²) in [4.78, 5) is 61.6. The Labute approximate surface area is 514 Å². The third kappa shape index (κ3) is 14.5. The normalized spacial score (nSPS) is 19.0. The van der Waals surface area contributed by atoms with Gasteiger partial charge in [-0.25, -0.2) is 9.59 Å². The van der Waals surface area contributed by atoms with Crippen molar-refractivity contribution in [3.63, 3.8) is 0 Å². The molecule has 0 aliphatic carbocycles. The van der Waals surface area contributed by atoms with E-state index in [1.54, 1.807) is 86.9 Å². The van der Waals surface area contributed by atoms with Crippen LogP contribution in [-0.2, 0) is 17.1 Å². The Balaban J connectivity index is 0.000000207. The quantitative estimate of drug-likeness (QED) is 0.121. The number of rotatable bonds is 12. The van der Waals surface area contributed by atoms with Gasteiger partial charge in [0.05, 0.1) is 54.1 Å². The Morgan fingerprint density at radius 1 is 0.512 bits per heavy atom. The maximum Gasteiger partial charge on any atom is 0.416 e. The summed E-state index contributed by atoms with van der Waals surface area (Å²) in [5.41, 5.74) is 1.87. The molecule has 4 unspecified atom stereocenters. The number of nitrogens with one attached hydrogen (secondary N) is 1. The van der Waals surface area contributed by atoms with Crippen molar-refractivity contribution < 1.29 is 50.2 Å². The van der Waals surface area contributed by atoms with E-state index in [2.05, 4.69) is 5.32 Å². The van der Waals surface area contributed by atoms with Gasteiger partial charge in [0.25, 0.3) is 0 Å². The number of ether oxygens (including phenoxy) is 2. The van der Waals surface area contributed by atoms with Crippen molar-refractivity contribution >= 4 is 76.0 Å². The Bertz CT molecular complexity index is 3440. The topological polar surface area (TPSA) is 126 Å². The van der Waals surface area contributed by atoms with Crippen LogP contribution in [-0.4, -0.2) is 145 Å². The first-order valence-corrected chi connectivity index (χ1v) is 29.2. The first-order chi connectivity index (χ1) is 41.0. The number of nitrogens with zero attached hydrogens (tertiary/aromatic N) is 8. The highest BCUT2D eigenvalue weighted by molar-refractivity contribution is 6.31. The Hall–Kier alpha value is -7.07. The van der Waals surface area contributed by atoms with E-state index in [0.717, 1.165) is 46.5 Å². The molecular formula is C62H61Cl4F6N9O5. The van der Waals surface area contributed by atoms with E-state index in [4.69, 9.17) is 65.9 Å². The van der Waals surface area contributed by atoms with Gasteiger partial charge in [-0.1, -0.05) is 94.9 Å². The number of hydrogen-bond donors (Lipinski definition) is 1. The predicted octanol–water partition coefficient (Wildman–Crippen LogP) is 13.8. The lowest BCUT2D eigenvalue weighted by molar-refractivity contribution is -0.138. The number of likely N-dealkylation sites (N-methyl/N-ethyl adjacent to an activating group) is 1. The number of piperazine rings is 2. The number of urea groups is 2. The molecule has 6 aromatic rings. The van der Waals surface area contributed by atoms with Crippen molar-refractivity contribution in [3.05, 3.63) is 198 Å². The fourth-order valence-corrected chi connectivity index (χ4v) is 11.2. The van der Waals surface area contributed by atoms with Gasteiger partial charge in [-0.05, 0) is 135 Å². The molecule has 24 heteroatoms. The largest absolute Gasteiger partial charge is 0.493 e. The summed E-state index contributed by atoms with van der Waals surface area (Å²) in [6.07, 6.45) is -9.16. The van der Waals surface area contributed by atoms with Crippen LogP contribution in [0.3, 0.4) is 0 Å². The van der Waals surface area contributed by atoms with E-state index in [9.17, 15) is 40.7 Å². The van der Waals surface area contributed by atoms with Crippen LogP contribution in [0.25, 0.3) is 0 Å². The lowest BCUT2D eigenvalue weighted by atomic mass is 9.93. The van der Waals surface area contributed by atoms with Crippen molar-refractivity contribution in [1.82, 2.24) is 34.7 Å². The average Bonchev–Trinajstić information content (AvgIpc) is 1.75. The number of benzene rings is 6. The lowest BCUT2D eigenvalue weighted by Gasteiger charge is -2.39. The molecule has 0 saturated carbocycles. The smallest absolute Gasteiger partial charge is 0.416 e. The molecule has 454 valence electrons. The highest BCUT2D eigenvalue weighted by Gasteiger charge is 2.47. The van der Waals surface area contributed by atoms with Crippen LogP contribution in [0.1, 0.15) is 82.5 Å². The van der Waals surface area contributed by atoms with E-state index in [-0.39, 0.29) is 73.5 Å². The van der Waals surface area contributed by atoms with E-state index in [0.29, 0.717) is 64.9 Å². The second-order valence-electron chi connectivity index (χ2n) is 20.8. The molecule has 4 aliphatic rings. The zero-order chi connectivity index (χ0) is 61.6. The number of amides is 5. The summed E-state index contributed by atoms with van der Waals surface area (Å²) in [7, 11) is 3.63. The number of aliphatic imine (C=N–C) groups is 2. The van der Waals surface area contributed by atoms with Gasteiger partial charge in [0.2, 0.25) is 5.91 Å². The van der Waals surface area contributed by atoms with Crippen LogP contribution in [0.4, 0.5) is 35.9 Å². The molecule has 0 spiro atoms. The van der Waals surface area contributed by atoms with Gasteiger partial charge >= 0.3 is 24.4 Å². The number of carbonyl (C=O) groups excluding carboxylic acids is 3.